The minimum Gasteiger partial charge on any atom is -0.496 e. The number of aryl methyl sites for hydroxylation is 1. The van der Waals surface area contributed by atoms with Gasteiger partial charge in [0.05, 0.1) is 30.2 Å². The zero-order valence-corrected chi connectivity index (χ0v) is 14.5. The monoisotopic (exact) mass is 338 g/mol. The summed E-state index contributed by atoms with van der Waals surface area (Å²) in [4.78, 5) is 16.9. The van der Waals surface area contributed by atoms with Crippen LogP contribution in [0.4, 0.5) is 0 Å². The minimum atomic E-state index is -3.10. The lowest BCUT2D eigenvalue weighted by Crippen LogP contribution is -2.59. The number of carbonyl (C=O) groups excluding carboxylic acids is 1. The molecule has 0 aromatic heterocycles. The summed E-state index contributed by atoms with van der Waals surface area (Å²) >= 11 is 0. The third kappa shape index (κ3) is 2.83. The van der Waals surface area contributed by atoms with E-state index in [1.165, 1.54) is 0 Å². The van der Waals surface area contributed by atoms with E-state index in [9.17, 15) is 13.2 Å². The second-order valence-corrected chi connectivity index (χ2v) is 8.50. The number of methoxy groups -OCH3 is 1. The van der Waals surface area contributed by atoms with Crippen LogP contribution in [0.1, 0.15) is 15.9 Å². The van der Waals surface area contributed by atoms with Crippen LogP contribution >= 0.6 is 0 Å². The van der Waals surface area contributed by atoms with Crippen LogP contribution in [-0.4, -0.2) is 75.0 Å². The van der Waals surface area contributed by atoms with Crippen LogP contribution in [0.5, 0.6) is 5.75 Å². The van der Waals surface area contributed by atoms with Crippen LogP contribution in [0.2, 0.25) is 0 Å². The zero-order valence-electron chi connectivity index (χ0n) is 13.7. The van der Waals surface area contributed by atoms with Gasteiger partial charge < -0.3 is 9.64 Å². The third-order valence-electron chi connectivity index (χ3n) is 4.88. The Labute approximate surface area is 136 Å². The first-order valence-electron chi connectivity index (χ1n) is 7.69. The van der Waals surface area contributed by atoms with E-state index < -0.39 is 9.84 Å². The van der Waals surface area contributed by atoms with E-state index >= 15 is 0 Å². The summed E-state index contributed by atoms with van der Waals surface area (Å²) < 4.78 is 29.4. The van der Waals surface area contributed by atoms with Crippen molar-refractivity contribution < 1.29 is 17.9 Å². The van der Waals surface area contributed by atoms with Gasteiger partial charge in [-0.15, -0.1) is 0 Å². The number of benzene rings is 1. The highest BCUT2D eigenvalue weighted by atomic mass is 32.2. The Kier molecular flexibility index (Phi) is 4.10. The molecule has 0 aliphatic carbocycles. The fourth-order valence-electron chi connectivity index (χ4n) is 3.61. The van der Waals surface area contributed by atoms with Crippen molar-refractivity contribution in [2.45, 2.75) is 19.0 Å². The molecule has 1 aromatic carbocycles. The van der Waals surface area contributed by atoms with Gasteiger partial charge in [0.25, 0.3) is 5.91 Å². The lowest BCUT2D eigenvalue weighted by atomic mass is 10.0. The van der Waals surface area contributed by atoms with E-state index in [4.69, 9.17) is 4.74 Å². The molecule has 0 unspecified atom stereocenters. The molecule has 6 nitrogen and oxygen atoms in total. The number of hydrogen-bond donors (Lipinski definition) is 0. The van der Waals surface area contributed by atoms with Gasteiger partial charge in [0, 0.05) is 19.1 Å². The molecule has 0 N–H and O–H groups in total. The van der Waals surface area contributed by atoms with Gasteiger partial charge in [-0.3, -0.25) is 9.69 Å². The average molecular weight is 338 g/mol. The SMILES string of the molecule is COc1cccc(C)c1C(=O)N1CCN(C)[C@@H]2CS(=O)(=O)C[C@@H]21. The summed E-state index contributed by atoms with van der Waals surface area (Å²) in [5, 5.41) is 0. The molecule has 0 bridgehead atoms. The van der Waals surface area contributed by atoms with Crippen LogP contribution in [0.25, 0.3) is 0 Å². The molecule has 0 saturated carbocycles. The molecule has 2 heterocycles. The first kappa shape index (κ1) is 16.3. The number of fused-ring (bicyclic) bond motifs is 1. The van der Waals surface area contributed by atoms with Crippen LogP contribution < -0.4 is 4.74 Å². The van der Waals surface area contributed by atoms with Crippen molar-refractivity contribution in [3.63, 3.8) is 0 Å². The Hall–Kier alpha value is -1.60. The molecule has 126 valence electrons. The summed E-state index contributed by atoms with van der Waals surface area (Å²) in [6, 6.07) is 5.08. The quantitative estimate of drug-likeness (QED) is 0.788. The molecule has 0 radical (unpaired) electrons. The standard InChI is InChI=1S/C16H22N2O4S/c1-11-5-4-6-14(22-3)15(11)16(19)18-8-7-17(2)12-9-23(20,21)10-13(12)18/h4-6,12-13H,7-10H2,1-3H3/t12-,13+/m1/s1. The highest BCUT2D eigenvalue weighted by Crippen LogP contribution is 2.30. The van der Waals surface area contributed by atoms with Crippen LogP contribution in [0.3, 0.4) is 0 Å². The van der Waals surface area contributed by atoms with Crippen molar-refractivity contribution in [1.82, 2.24) is 9.80 Å². The number of likely N-dealkylation sites (N-methyl/N-ethyl adjacent to an activating group) is 1. The number of carbonyl (C=O) groups is 1. The van der Waals surface area contributed by atoms with E-state index in [2.05, 4.69) is 0 Å². The maximum Gasteiger partial charge on any atom is 0.258 e. The summed E-state index contributed by atoms with van der Waals surface area (Å²) in [6.45, 7) is 3.08. The summed E-state index contributed by atoms with van der Waals surface area (Å²) in [7, 11) is 0.362. The molecule has 23 heavy (non-hydrogen) atoms. The third-order valence-corrected chi connectivity index (χ3v) is 6.58. The predicted molar refractivity (Wildman–Crippen MR) is 87.6 cm³/mol. The Morgan fingerprint density at radius 1 is 1.22 bits per heavy atom. The van der Waals surface area contributed by atoms with Crippen LogP contribution in [0.15, 0.2) is 18.2 Å². The normalized spacial score (nSPS) is 26.8. The summed E-state index contributed by atoms with van der Waals surface area (Å²) in [6.07, 6.45) is 0. The fourth-order valence-corrected chi connectivity index (χ4v) is 5.66. The molecule has 2 saturated heterocycles. The van der Waals surface area contributed by atoms with Crippen molar-refractivity contribution in [2.75, 3.05) is 38.8 Å². The van der Waals surface area contributed by atoms with Gasteiger partial charge in [0.15, 0.2) is 9.84 Å². The summed E-state index contributed by atoms with van der Waals surface area (Å²) in [5.74, 6) is 0.566. The van der Waals surface area contributed by atoms with Crippen LogP contribution in [0, 0.1) is 6.92 Å². The zero-order chi connectivity index (χ0) is 16.8. The molecular formula is C16H22N2O4S. The van der Waals surface area contributed by atoms with Gasteiger partial charge in [-0.2, -0.15) is 0 Å². The van der Waals surface area contributed by atoms with E-state index in [0.717, 1.165) is 5.56 Å². The van der Waals surface area contributed by atoms with E-state index in [1.807, 2.05) is 31.0 Å². The molecule has 0 spiro atoms. The maximum absolute atomic E-state index is 13.1. The molecule has 2 fully saturated rings. The van der Waals surface area contributed by atoms with Gasteiger partial charge in [-0.25, -0.2) is 8.42 Å². The molecule has 1 amide bonds. The van der Waals surface area contributed by atoms with Gasteiger partial charge in [0.2, 0.25) is 0 Å². The van der Waals surface area contributed by atoms with Crippen molar-refractivity contribution in [3.8, 4) is 5.75 Å². The van der Waals surface area contributed by atoms with Crippen molar-refractivity contribution >= 4 is 15.7 Å². The highest BCUT2D eigenvalue weighted by Gasteiger charge is 2.47. The van der Waals surface area contributed by atoms with E-state index in [1.54, 1.807) is 18.1 Å². The molecular weight excluding hydrogens is 316 g/mol. The Morgan fingerprint density at radius 2 is 1.91 bits per heavy atom. The molecule has 1 aromatic rings. The lowest BCUT2D eigenvalue weighted by Gasteiger charge is -2.42. The Balaban J connectivity index is 1.97. The second-order valence-electron chi connectivity index (χ2n) is 6.34. The van der Waals surface area contributed by atoms with Gasteiger partial charge in [-0.05, 0) is 25.6 Å². The topological polar surface area (TPSA) is 66.9 Å². The van der Waals surface area contributed by atoms with Gasteiger partial charge >= 0.3 is 0 Å². The van der Waals surface area contributed by atoms with Crippen molar-refractivity contribution in [3.05, 3.63) is 29.3 Å². The Morgan fingerprint density at radius 3 is 2.61 bits per heavy atom. The maximum atomic E-state index is 13.1. The molecule has 2 aliphatic rings. The second kappa shape index (κ2) is 5.79. The largest absolute Gasteiger partial charge is 0.496 e. The summed E-state index contributed by atoms with van der Waals surface area (Å²) in [5.41, 5.74) is 1.37. The van der Waals surface area contributed by atoms with Crippen molar-refractivity contribution in [1.29, 1.82) is 0 Å². The number of piperazine rings is 1. The molecule has 2 aliphatic heterocycles. The number of rotatable bonds is 2. The number of sulfone groups is 1. The van der Waals surface area contributed by atoms with E-state index in [0.29, 0.717) is 24.4 Å². The lowest BCUT2D eigenvalue weighted by molar-refractivity contribution is 0.0406. The first-order chi connectivity index (χ1) is 10.8. The fraction of sp³-hybridized carbons (Fsp3) is 0.562. The molecule has 7 heteroatoms. The number of nitrogens with zero attached hydrogens (tertiary/aromatic N) is 2. The van der Waals surface area contributed by atoms with Gasteiger partial charge in [-0.1, -0.05) is 12.1 Å². The average Bonchev–Trinajstić information content (AvgIpc) is 2.83. The number of hydrogen-bond acceptors (Lipinski definition) is 5. The van der Waals surface area contributed by atoms with Crippen LogP contribution in [-0.2, 0) is 9.84 Å². The van der Waals surface area contributed by atoms with Gasteiger partial charge in [0.1, 0.15) is 5.75 Å². The first-order valence-corrected chi connectivity index (χ1v) is 9.51. The van der Waals surface area contributed by atoms with Crippen molar-refractivity contribution in [2.24, 2.45) is 0 Å². The Bertz CT molecular complexity index is 732. The van der Waals surface area contributed by atoms with E-state index in [-0.39, 0.29) is 29.5 Å². The number of amides is 1. The molecule has 3 rings (SSSR count). The minimum absolute atomic E-state index is 0.0436. The smallest absolute Gasteiger partial charge is 0.258 e. The highest BCUT2D eigenvalue weighted by molar-refractivity contribution is 7.91. The predicted octanol–water partition coefficient (Wildman–Crippen LogP) is 0.557. The number of ether oxygens (including phenoxy) is 1. The molecule has 2 atom stereocenters.